The van der Waals surface area contributed by atoms with Gasteiger partial charge in [0.05, 0.1) is 65.6 Å². The first-order chi connectivity index (χ1) is 8.81. The number of ether oxygens (including phenoxy) is 5. The van der Waals surface area contributed by atoms with Crippen LogP contribution in [0.25, 0.3) is 0 Å². The first-order valence-corrected chi connectivity index (χ1v) is 6.26. The number of hydrogen-bond acceptors (Lipinski definition) is 6. The van der Waals surface area contributed by atoms with Crippen LogP contribution in [0.2, 0.25) is 0 Å². The summed E-state index contributed by atoms with van der Waals surface area (Å²) < 4.78 is 26.0. The summed E-state index contributed by atoms with van der Waals surface area (Å²) in [5.41, 5.74) is 0. The van der Waals surface area contributed by atoms with Gasteiger partial charge in [-0.05, 0) is 6.92 Å². The van der Waals surface area contributed by atoms with E-state index in [-0.39, 0.29) is 12.7 Å². The largest absolute Gasteiger partial charge is 0.394 e. The molecule has 0 aromatic rings. The van der Waals surface area contributed by atoms with Crippen molar-refractivity contribution in [1.82, 2.24) is 0 Å². The maximum Gasteiger partial charge on any atom is 0.0781 e. The Morgan fingerprint density at radius 1 is 0.833 bits per heavy atom. The number of aliphatic hydroxyl groups is 1. The van der Waals surface area contributed by atoms with E-state index >= 15 is 0 Å². The van der Waals surface area contributed by atoms with Gasteiger partial charge in [-0.3, -0.25) is 0 Å². The summed E-state index contributed by atoms with van der Waals surface area (Å²) in [6, 6.07) is 0. The first kappa shape index (κ1) is 17.8. The number of methoxy groups -OCH3 is 1. The summed E-state index contributed by atoms with van der Waals surface area (Å²) in [4.78, 5) is 0. The van der Waals surface area contributed by atoms with Crippen molar-refractivity contribution in [1.29, 1.82) is 0 Å². The molecule has 0 saturated heterocycles. The highest BCUT2D eigenvalue weighted by atomic mass is 16.6. The summed E-state index contributed by atoms with van der Waals surface area (Å²) >= 11 is 0. The summed E-state index contributed by atoms with van der Waals surface area (Å²) in [5, 5.41) is 8.52. The van der Waals surface area contributed by atoms with E-state index in [9.17, 15) is 0 Å². The van der Waals surface area contributed by atoms with Crippen molar-refractivity contribution in [3.05, 3.63) is 0 Å². The van der Waals surface area contributed by atoms with E-state index in [2.05, 4.69) is 0 Å². The van der Waals surface area contributed by atoms with E-state index in [1.54, 1.807) is 7.11 Å². The lowest BCUT2D eigenvalue weighted by atomic mass is 10.4. The van der Waals surface area contributed by atoms with Crippen LogP contribution < -0.4 is 0 Å². The Hall–Kier alpha value is -0.240. The van der Waals surface area contributed by atoms with Gasteiger partial charge in [0.1, 0.15) is 0 Å². The van der Waals surface area contributed by atoms with E-state index in [1.807, 2.05) is 6.92 Å². The van der Waals surface area contributed by atoms with Gasteiger partial charge in [0, 0.05) is 7.11 Å². The van der Waals surface area contributed by atoms with E-state index in [1.165, 1.54) is 0 Å². The lowest BCUT2D eigenvalue weighted by molar-refractivity contribution is -0.0418. The lowest BCUT2D eigenvalue weighted by Gasteiger charge is -2.13. The predicted octanol–water partition coefficient (Wildman–Crippen LogP) is 0.0800. The van der Waals surface area contributed by atoms with Crippen molar-refractivity contribution in [2.75, 3.05) is 66.6 Å². The maximum absolute atomic E-state index is 8.52. The molecule has 0 aliphatic carbocycles. The average Bonchev–Trinajstić information content (AvgIpc) is 2.37. The normalized spacial score (nSPS) is 12.8. The van der Waals surface area contributed by atoms with Gasteiger partial charge in [-0.25, -0.2) is 0 Å². The van der Waals surface area contributed by atoms with Crippen LogP contribution in [-0.2, 0) is 23.7 Å². The van der Waals surface area contributed by atoms with Gasteiger partial charge in [-0.15, -0.1) is 0 Å². The second kappa shape index (κ2) is 14.8. The zero-order valence-electron chi connectivity index (χ0n) is 11.4. The Bertz CT molecular complexity index is 156. The SMILES string of the molecule is COCCOCCOCCO[C@@H](C)COCCO. The minimum Gasteiger partial charge on any atom is -0.394 e. The van der Waals surface area contributed by atoms with E-state index < -0.39 is 0 Å². The van der Waals surface area contributed by atoms with Gasteiger partial charge in [0.2, 0.25) is 0 Å². The second-order valence-corrected chi connectivity index (χ2v) is 3.70. The molecule has 0 radical (unpaired) electrons. The number of hydrogen-bond donors (Lipinski definition) is 1. The topological polar surface area (TPSA) is 66.4 Å². The molecular formula is C12H26O6. The van der Waals surface area contributed by atoms with Gasteiger partial charge in [-0.1, -0.05) is 0 Å². The Morgan fingerprint density at radius 3 is 2.06 bits per heavy atom. The van der Waals surface area contributed by atoms with Crippen molar-refractivity contribution in [3.8, 4) is 0 Å². The molecule has 1 atom stereocenters. The third kappa shape index (κ3) is 13.8. The molecule has 0 aliphatic heterocycles. The average molecular weight is 266 g/mol. The van der Waals surface area contributed by atoms with E-state index in [0.717, 1.165) is 0 Å². The molecule has 0 aromatic heterocycles. The van der Waals surface area contributed by atoms with Gasteiger partial charge >= 0.3 is 0 Å². The molecule has 0 amide bonds. The Balaban J connectivity index is 3.05. The van der Waals surface area contributed by atoms with Crippen LogP contribution in [0.5, 0.6) is 0 Å². The molecule has 6 nitrogen and oxygen atoms in total. The molecule has 0 bridgehead atoms. The molecule has 0 heterocycles. The third-order valence-corrected chi connectivity index (χ3v) is 2.02. The fourth-order valence-corrected chi connectivity index (χ4v) is 1.13. The van der Waals surface area contributed by atoms with Crippen molar-refractivity contribution < 1.29 is 28.8 Å². The van der Waals surface area contributed by atoms with Crippen LogP contribution in [0.15, 0.2) is 0 Å². The van der Waals surface area contributed by atoms with Gasteiger partial charge in [0.25, 0.3) is 0 Å². The van der Waals surface area contributed by atoms with Crippen molar-refractivity contribution in [3.63, 3.8) is 0 Å². The van der Waals surface area contributed by atoms with Crippen LogP contribution in [0.3, 0.4) is 0 Å². The molecule has 0 aromatic carbocycles. The van der Waals surface area contributed by atoms with E-state index in [4.69, 9.17) is 28.8 Å². The van der Waals surface area contributed by atoms with Crippen LogP contribution in [-0.4, -0.2) is 77.8 Å². The Morgan fingerprint density at radius 2 is 1.44 bits per heavy atom. The minimum absolute atomic E-state index is 0.0121. The summed E-state index contributed by atoms with van der Waals surface area (Å²) in [5.74, 6) is 0. The maximum atomic E-state index is 8.52. The fraction of sp³-hybridized carbons (Fsp3) is 1.00. The van der Waals surface area contributed by atoms with Crippen LogP contribution >= 0.6 is 0 Å². The van der Waals surface area contributed by atoms with Crippen LogP contribution in [0.4, 0.5) is 0 Å². The standard InChI is InChI=1S/C12H26O6/c1-12(11-17-4-3-13)18-10-9-16-8-7-15-6-5-14-2/h12-13H,3-11H2,1-2H3/t12-/m0/s1. The molecule has 0 aliphatic rings. The molecule has 0 rings (SSSR count). The number of aliphatic hydroxyl groups excluding tert-OH is 1. The molecule has 6 heteroatoms. The van der Waals surface area contributed by atoms with Crippen molar-refractivity contribution in [2.45, 2.75) is 13.0 Å². The van der Waals surface area contributed by atoms with E-state index in [0.29, 0.717) is 52.9 Å². The van der Waals surface area contributed by atoms with Crippen LogP contribution in [0.1, 0.15) is 6.92 Å². The second-order valence-electron chi connectivity index (χ2n) is 3.70. The quantitative estimate of drug-likeness (QED) is 0.449. The van der Waals surface area contributed by atoms with Crippen LogP contribution in [0, 0.1) is 0 Å². The molecule has 0 unspecified atom stereocenters. The van der Waals surface area contributed by atoms with Crippen molar-refractivity contribution in [2.24, 2.45) is 0 Å². The lowest BCUT2D eigenvalue weighted by Crippen LogP contribution is -2.20. The zero-order valence-corrected chi connectivity index (χ0v) is 11.4. The molecule has 0 spiro atoms. The molecular weight excluding hydrogens is 240 g/mol. The summed E-state index contributed by atoms with van der Waals surface area (Å²) in [7, 11) is 1.64. The fourth-order valence-electron chi connectivity index (χ4n) is 1.13. The first-order valence-electron chi connectivity index (χ1n) is 6.26. The molecule has 0 fully saturated rings. The van der Waals surface area contributed by atoms with Gasteiger partial charge in [-0.2, -0.15) is 0 Å². The highest BCUT2D eigenvalue weighted by molar-refractivity contribution is 4.47. The Labute approximate surface area is 109 Å². The van der Waals surface area contributed by atoms with Gasteiger partial charge < -0.3 is 28.8 Å². The highest BCUT2D eigenvalue weighted by Crippen LogP contribution is 1.92. The molecule has 110 valence electrons. The summed E-state index contributed by atoms with van der Waals surface area (Å²) in [6.45, 7) is 6.19. The number of rotatable bonds is 14. The smallest absolute Gasteiger partial charge is 0.0781 e. The monoisotopic (exact) mass is 266 g/mol. The highest BCUT2D eigenvalue weighted by Gasteiger charge is 2.01. The Kier molecular flexibility index (Phi) is 14.6. The molecule has 18 heavy (non-hydrogen) atoms. The predicted molar refractivity (Wildman–Crippen MR) is 66.8 cm³/mol. The minimum atomic E-state index is 0.0121. The summed E-state index contributed by atoms with van der Waals surface area (Å²) in [6.07, 6.45) is 0.0121. The van der Waals surface area contributed by atoms with Gasteiger partial charge in [0.15, 0.2) is 0 Å². The van der Waals surface area contributed by atoms with Crippen molar-refractivity contribution >= 4 is 0 Å². The third-order valence-electron chi connectivity index (χ3n) is 2.02. The molecule has 0 saturated carbocycles. The molecule has 1 N–H and O–H groups in total. The zero-order chi connectivity index (χ0) is 13.5.